The summed E-state index contributed by atoms with van der Waals surface area (Å²) in [4.78, 5) is 30.4. The maximum Gasteiger partial charge on any atom is 0.341 e. The summed E-state index contributed by atoms with van der Waals surface area (Å²) in [6.45, 7) is 7.88. The molecule has 1 heterocycles. The maximum atomic E-state index is 12.9. The minimum absolute atomic E-state index is 0.121. The van der Waals surface area contributed by atoms with E-state index in [9.17, 15) is 9.59 Å². The molecule has 0 spiro atoms. The Morgan fingerprint density at radius 2 is 1.57 bits per heavy atom. The molecule has 3 aromatic rings. The average Bonchev–Trinajstić information content (AvgIpc) is 2.73. The molecule has 5 heteroatoms. The second-order valence-corrected chi connectivity index (χ2v) is 6.90. The molecule has 0 fully saturated rings. The van der Waals surface area contributed by atoms with E-state index in [2.05, 4.69) is 11.1 Å². The van der Waals surface area contributed by atoms with Gasteiger partial charge in [0.2, 0.25) is 0 Å². The summed E-state index contributed by atoms with van der Waals surface area (Å²) in [5.74, 6) is -1.17. The highest BCUT2D eigenvalue weighted by molar-refractivity contribution is 6.13. The SMILES string of the molecule is CCOC(=O)c1c(/C=C/c2cc(C)ccc2C)nc2ccccc2c1C(=O)OCC. The van der Waals surface area contributed by atoms with Crippen LogP contribution >= 0.6 is 0 Å². The number of carbonyl (C=O) groups is 2. The van der Waals surface area contributed by atoms with Gasteiger partial charge in [0.15, 0.2) is 0 Å². The van der Waals surface area contributed by atoms with E-state index >= 15 is 0 Å². The van der Waals surface area contributed by atoms with Crippen LogP contribution in [0.1, 0.15) is 56.9 Å². The molecular weight excluding hydrogens is 378 g/mol. The van der Waals surface area contributed by atoms with Gasteiger partial charge in [-0.15, -0.1) is 0 Å². The van der Waals surface area contributed by atoms with Crippen LogP contribution in [0.2, 0.25) is 0 Å². The quantitative estimate of drug-likeness (QED) is 0.517. The number of carbonyl (C=O) groups excluding carboxylic acids is 2. The fourth-order valence-electron chi connectivity index (χ4n) is 3.28. The highest BCUT2D eigenvalue weighted by atomic mass is 16.5. The van der Waals surface area contributed by atoms with Crippen LogP contribution in [0.3, 0.4) is 0 Å². The van der Waals surface area contributed by atoms with Gasteiger partial charge in [-0.1, -0.05) is 48.0 Å². The van der Waals surface area contributed by atoms with E-state index in [0.29, 0.717) is 16.6 Å². The molecule has 3 rings (SSSR count). The summed E-state index contributed by atoms with van der Waals surface area (Å²) in [6, 6.07) is 13.4. The lowest BCUT2D eigenvalue weighted by molar-refractivity contribution is 0.0480. The van der Waals surface area contributed by atoms with Crippen LogP contribution in [0.4, 0.5) is 0 Å². The number of ether oxygens (including phenoxy) is 2. The second-order valence-electron chi connectivity index (χ2n) is 6.90. The number of aryl methyl sites for hydroxylation is 2. The molecule has 0 amide bonds. The van der Waals surface area contributed by atoms with Crippen LogP contribution in [0, 0.1) is 13.8 Å². The standard InChI is InChI=1S/C25H25NO4/c1-5-29-24(27)22-19-9-7-8-10-20(19)26-21(23(22)25(28)30-6-2)14-13-18-15-16(3)11-12-17(18)4/h7-15H,5-6H2,1-4H3/b14-13+. The van der Waals surface area contributed by atoms with Gasteiger partial charge in [-0.2, -0.15) is 0 Å². The van der Waals surface area contributed by atoms with Crippen molar-refractivity contribution in [3.05, 3.63) is 76.0 Å². The molecular formula is C25H25NO4. The van der Waals surface area contributed by atoms with E-state index in [0.717, 1.165) is 16.7 Å². The molecule has 2 aromatic carbocycles. The Balaban J connectivity index is 2.27. The van der Waals surface area contributed by atoms with Crippen LogP contribution in [-0.4, -0.2) is 30.1 Å². The number of aromatic nitrogens is 1. The van der Waals surface area contributed by atoms with Crippen molar-refractivity contribution in [2.24, 2.45) is 0 Å². The molecule has 5 nitrogen and oxygen atoms in total. The zero-order valence-electron chi connectivity index (χ0n) is 17.7. The summed E-state index contributed by atoms with van der Waals surface area (Å²) in [7, 11) is 0. The predicted molar refractivity (Wildman–Crippen MR) is 119 cm³/mol. The molecule has 0 N–H and O–H groups in total. The third-order valence-corrected chi connectivity index (χ3v) is 4.74. The van der Waals surface area contributed by atoms with Crippen molar-refractivity contribution >= 4 is 35.0 Å². The minimum Gasteiger partial charge on any atom is -0.462 e. The molecule has 0 aliphatic rings. The van der Waals surface area contributed by atoms with Crippen molar-refractivity contribution in [2.45, 2.75) is 27.7 Å². The largest absolute Gasteiger partial charge is 0.462 e. The zero-order valence-corrected chi connectivity index (χ0v) is 17.7. The molecule has 0 saturated carbocycles. The minimum atomic E-state index is -0.598. The first kappa shape index (κ1) is 21.2. The first-order chi connectivity index (χ1) is 14.5. The lowest BCUT2D eigenvalue weighted by Gasteiger charge is -2.14. The van der Waals surface area contributed by atoms with Gasteiger partial charge < -0.3 is 9.47 Å². The van der Waals surface area contributed by atoms with E-state index in [1.54, 1.807) is 32.1 Å². The molecule has 154 valence electrons. The highest BCUT2D eigenvalue weighted by Crippen LogP contribution is 2.27. The number of esters is 2. The Labute approximate surface area is 176 Å². The smallest absolute Gasteiger partial charge is 0.341 e. The Hall–Kier alpha value is -3.47. The van der Waals surface area contributed by atoms with Gasteiger partial charge in [-0.3, -0.25) is 0 Å². The third kappa shape index (κ3) is 4.40. The number of nitrogens with zero attached hydrogens (tertiary/aromatic N) is 1. The van der Waals surface area contributed by atoms with Gasteiger partial charge in [-0.25, -0.2) is 14.6 Å². The third-order valence-electron chi connectivity index (χ3n) is 4.74. The molecule has 0 aliphatic heterocycles. The fourth-order valence-corrected chi connectivity index (χ4v) is 3.28. The monoisotopic (exact) mass is 403 g/mol. The molecule has 1 aromatic heterocycles. The summed E-state index contributed by atoms with van der Waals surface area (Å²) in [6.07, 6.45) is 3.65. The van der Waals surface area contributed by atoms with E-state index in [1.807, 2.05) is 44.2 Å². The molecule has 0 aliphatic carbocycles. The van der Waals surface area contributed by atoms with E-state index in [4.69, 9.17) is 9.47 Å². The van der Waals surface area contributed by atoms with Crippen molar-refractivity contribution < 1.29 is 19.1 Å². The summed E-state index contributed by atoms with van der Waals surface area (Å²) < 4.78 is 10.5. The first-order valence-corrected chi connectivity index (χ1v) is 9.98. The maximum absolute atomic E-state index is 12.9. The van der Waals surface area contributed by atoms with Crippen molar-refractivity contribution in [3.8, 4) is 0 Å². The van der Waals surface area contributed by atoms with Gasteiger partial charge in [0.05, 0.1) is 30.0 Å². The molecule has 0 atom stereocenters. The topological polar surface area (TPSA) is 65.5 Å². The van der Waals surface area contributed by atoms with Crippen molar-refractivity contribution in [1.29, 1.82) is 0 Å². The van der Waals surface area contributed by atoms with Gasteiger partial charge >= 0.3 is 11.9 Å². The lowest BCUT2D eigenvalue weighted by Crippen LogP contribution is -2.17. The lowest BCUT2D eigenvalue weighted by atomic mass is 9.98. The summed E-state index contributed by atoms with van der Waals surface area (Å²) in [5.41, 5.74) is 4.52. The molecule has 0 radical (unpaired) electrons. The number of pyridine rings is 1. The van der Waals surface area contributed by atoms with Gasteiger partial charge in [0, 0.05) is 5.39 Å². The Morgan fingerprint density at radius 3 is 2.27 bits per heavy atom. The Kier molecular flexibility index (Phi) is 6.62. The van der Waals surface area contributed by atoms with E-state index < -0.39 is 11.9 Å². The van der Waals surface area contributed by atoms with Crippen molar-refractivity contribution in [3.63, 3.8) is 0 Å². The molecule has 0 unspecified atom stereocenters. The number of hydrogen-bond donors (Lipinski definition) is 0. The van der Waals surface area contributed by atoms with Gasteiger partial charge in [-0.05, 0) is 51.0 Å². The Morgan fingerprint density at radius 1 is 0.900 bits per heavy atom. The zero-order chi connectivity index (χ0) is 21.7. The van der Waals surface area contributed by atoms with Crippen molar-refractivity contribution in [1.82, 2.24) is 4.98 Å². The highest BCUT2D eigenvalue weighted by Gasteiger charge is 2.26. The van der Waals surface area contributed by atoms with Crippen LogP contribution < -0.4 is 0 Å². The van der Waals surface area contributed by atoms with Crippen LogP contribution in [0.25, 0.3) is 23.1 Å². The number of benzene rings is 2. The number of para-hydroxylation sites is 1. The van der Waals surface area contributed by atoms with E-state index in [-0.39, 0.29) is 24.3 Å². The predicted octanol–water partition coefficient (Wildman–Crippen LogP) is 5.38. The van der Waals surface area contributed by atoms with Crippen LogP contribution in [0.5, 0.6) is 0 Å². The van der Waals surface area contributed by atoms with Crippen molar-refractivity contribution in [2.75, 3.05) is 13.2 Å². The van der Waals surface area contributed by atoms with Crippen LogP contribution in [-0.2, 0) is 9.47 Å². The van der Waals surface area contributed by atoms with Crippen LogP contribution in [0.15, 0.2) is 42.5 Å². The summed E-state index contributed by atoms with van der Waals surface area (Å²) >= 11 is 0. The normalized spacial score (nSPS) is 11.1. The summed E-state index contributed by atoms with van der Waals surface area (Å²) in [5, 5.41) is 0.558. The molecule has 0 bridgehead atoms. The Bertz CT molecular complexity index is 1130. The second kappa shape index (κ2) is 9.35. The van der Waals surface area contributed by atoms with E-state index in [1.165, 1.54) is 0 Å². The van der Waals surface area contributed by atoms with Gasteiger partial charge in [0.1, 0.15) is 5.56 Å². The number of rotatable bonds is 6. The van der Waals surface area contributed by atoms with Gasteiger partial charge in [0.25, 0.3) is 0 Å². The number of hydrogen-bond acceptors (Lipinski definition) is 5. The first-order valence-electron chi connectivity index (χ1n) is 9.98. The fraction of sp³-hybridized carbons (Fsp3) is 0.240. The molecule has 30 heavy (non-hydrogen) atoms. The average molecular weight is 403 g/mol. The number of fused-ring (bicyclic) bond motifs is 1. The molecule has 0 saturated heterocycles.